The van der Waals surface area contributed by atoms with Gasteiger partial charge in [-0.3, -0.25) is 9.59 Å². The Balaban J connectivity index is 2.04. The molecule has 0 spiro atoms. The fourth-order valence-corrected chi connectivity index (χ4v) is 2.62. The van der Waals surface area contributed by atoms with E-state index in [9.17, 15) is 9.59 Å². The molecule has 1 saturated carbocycles. The van der Waals surface area contributed by atoms with Gasteiger partial charge >= 0.3 is 0 Å². The molecule has 1 aromatic heterocycles. The standard InChI is InChI=1S/C14H21N3O2/c1-9-10(2)16-17-14(19)12(9)13(18)15-8-11-6-4-3-5-7-11/h11H,3-8H2,1-2H3,(H,15,18)(H,17,19). The minimum Gasteiger partial charge on any atom is -0.352 e. The van der Waals surface area contributed by atoms with Crippen LogP contribution in [0.25, 0.3) is 0 Å². The quantitative estimate of drug-likeness (QED) is 0.871. The molecule has 1 amide bonds. The lowest BCUT2D eigenvalue weighted by molar-refractivity contribution is 0.0941. The van der Waals surface area contributed by atoms with Crippen LogP contribution < -0.4 is 10.9 Å². The first-order chi connectivity index (χ1) is 9.09. The highest BCUT2D eigenvalue weighted by Gasteiger charge is 2.18. The molecule has 0 atom stereocenters. The van der Waals surface area contributed by atoms with Crippen molar-refractivity contribution >= 4 is 5.91 Å². The number of carbonyl (C=O) groups excluding carboxylic acids is 1. The third-order valence-electron chi connectivity index (χ3n) is 3.97. The summed E-state index contributed by atoms with van der Waals surface area (Å²) in [6.07, 6.45) is 6.13. The van der Waals surface area contributed by atoms with Crippen molar-refractivity contribution in [3.05, 3.63) is 27.2 Å². The summed E-state index contributed by atoms with van der Waals surface area (Å²) in [5.74, 6) is 0.273. The average molecular weight is 263 g/mol. The molecule has 1 heterocycles. The Kier molecular flexibility index (Phi) is 4.35. The van der Waals surface area contributed by atoms with E-state index in [4.69, 9.17) is 0 Å². The maximum absolute atomic E-state index is 12.1. The summed E-state index contributed by atoms with van der Waals surface area (Å²) in [5.41, 5.74) is 1.12. The molecule has 5 heteroatoms. The SMILES string of the molecule is Cc1n[nH]c(=O)c(C(=O)NCC2CCCCC2)c1C. The van der Waals surface area contributed by atoms with Crippen LogP contribution in [-0.2, 0) is 0 Å². The van der Waals surface area contributed by atoms with Crippen LogP contribution in [0.4, 0.5) is 0 Å². The minimum atomic E-state index is -0.413. The van der Waals surface area contributed by atoms with E-state index in [1.807, 2.05) is 0 Å². The van der Waals surface area contributed by atoms with E-state index in [0.717, 1.165) is 0 Å². The Morgan fingerprint density at radius 1 is 1.32 bits per heavy atom. The summed E-state index contributed by atoms with van der Waals surface area (Å²) in [4.78, 5) is 23.8. The molecule has 1 aromatic rings. The number of H-pyrrole nitrogens is 1. The van der Waals surface area contributed by atoms with Crippen LogP contribution in [0.5, 0.6) is 0 Å². The van der Waals surface area contributed by atoms with Gasteiger partial charge in [0.25, 0.3) is 11.5 Å². The molecule has 0 radical (unpaired) electrons. The predicted molar refractivity (Wildman–Crippen MR) is 73.2 cm³/mol. The molecule has 5 nitrogen and oxygen atoms in total. The normalized spacial score (nSPS) is 16.3. The molecule has 19 heavy (non-hydrogen) atoms. The number of nitrogens with one attached hydrogen (secondary N) is 2. The molecule has 104 valence electrons. The number of aromatic amines is 1. The fraction of sp³-hybridized carbons (Fsp3) is 0.643. The van der Waals surface area contributed by atoms with Crippen LogP contribution in [0, 0.1) is 19.8 Å². The summed E-state index contributed by atoms with van der Waals surface area (Å²) in [7, 11) is 0. The number of aryl methyl sites for hydroxylation is 1. The molecule has 0 aromatic carbocycles. The highest BCUT2D eigenvalue weighted by molar-refractivity contribution is 5.95. The van der Waals surface area contributed by atoms with Crippen molar-refractivity contribution < 1.29 is 4.79 Å². The van der Waals surface area contributed by atoms with E-state index in [-0.39, 0.29) is 11.5 Å². The average Bonchev–Trinajstić information content (AvgIpc) is 2.42. The second-order valence-corrected chi connectivity index (χ2v) is 5.35. The number of aromatic nitrogens is 2. The number of rotatable bonds is 3. The van der Waals surface area contributed by atoms with Gasteiger partial charge in [0, 0.05) is 6.54 Å². The van der Waals surface area contributed by atoms with Crippen LogP contribution in [0.15, 0.2) is 4.79 Å². The van der Waals surface area contributed by atoms with E-state index >= 15 is 0 Å². The van der Waals surface area contributed by atoms with Gasteiger partial charge in [-0.15, -0.1) is 0 Å². The molecule has 0 bridgehead atoms. The molecule has 1 aliphatic carbocycles. The van der Waals surface area contributed by atoms with E-state index in [1.54, 1.807) is 13.8 Å². The van der Waals surface area contributed by atoms with Gasteiger partial charge in [-0.05, 0) is 38.2 Å². The second-order valence-electron chi connectivity index (χ2n) is 5.35. The maximum Gasteiger partial charge on any atom is 0.277 e. The monoisotopic (exact) mass is 263 g/mol. The second kappa shape index (κ2) is 5.99. The van der Waals surface area contributed by atoms with Crippen LogP contribution in [-0.4, -0.2) is 22.6 Å². The van der Waals surface area contributed by atoms with Gasteiger partial charge in [0.05, 0.1) is 5.69 Å². The lowest BCUT2D eigenvalue weighted by atomic mass is 9.89. The van der Waals surface area contributed by atoms with Crippen molar-refractivity contribution in [3.63, 3.8) is 0 Å². The van der Waals surface area contributed by atoms with E-state index < -0.39 is 5.56 Å². The van der Waals surface area contributed by atoms with Crippen molar-refractivity contribution in [2.45, 2.75) is 46.0 Å². The summed E-state index contributed by atoms with van der Waals surface area (Å²) in [6, 6.07) is 0. The molecule has 0 unspecified atom stereocenters. The Morgan fingerprint density at radius 2 is 2.00 bits per heavy atom. The zero-order chi connectivity index (χ0) is 13.8. The van der Waals surface area contributed by atoms with E-state index in [1.165, 1.54) is 32.1 Å². The molecule has 2 rings (SSSR count). The lowest BCUT2D eigenvalue weighted by Gasteiger charge is -2.21. The van der Waals surface area contributed by atoms with Gasteiger partial charge in [-0.1, -0.05) is 19.3 Å². The first-order valence-corrected chi connectivity index (χ1v) is 6.93. The van der Waals surface area contributed by atoms with Crippen molar-refractivity contribution in [2.75, 3.05) is 6.54 Å². The summed E-state index contributed by atoms with van der Waals surface area (Å²) in [6.45, 7) is 4.20. The smallest absolute Gasteiger partial charge is 0.277 e. The van der Waals surface area contributed by atoms with Gasteiger partial charge in [0.1, 0.15) is 5.56 Å². The first-order valence-electron chi connectivity index (χ1n) is 6.93. The minimum absolute atomic E-state index is 0.198. The van der Waals surface area contributed by atoms with Crippen molar-refractivity contribution in [1.29, 1.82) is 0 Å². The molecule has 2 N–H and O–H groups in total. The Hall–Kier alpha value is -1.65. The van der Waals surface area contributed by atoms with Crippen LogP contribution in [0.3, 0.4) is 0 Å². The number of hydrogen-bond acceptors (Lipinski definition) is 3. The zero-order valence-corrected chi connectivity index (χ0v) is 11.6. The summed E-state index contributed by atoms with van der Waals surface area (Å²) >= 11 is 0. The molecule has 0 aliphatic heterocycles. The number of amides is 1. The van der Waals surface area contributed by atoms with E-state index in [0.29, 0.717) is 23.7 Å². The number of carbonyl (C=O) groups is 1. The lowest BCUT2D eigenvalue weighted by Crippen LogP contribution is -2.35. The van der Waals surface area contributed by atoms with Crippen LogP contribution >= 0.6 is 0 Å². The number of nitrogens with zero attached hydrogens (tertiary/aromatic N) is 1. The van der Waals surface area contributed by atoms with Gasteiger partial charge in [-0.2, -0.15) is 5.10 Å². The van der Waals surface area contributed by atoms with Crippen LogP contribution in [0.2, 0.25) is 0 Å². The third-order valence-corrected chi connectivity index (χ3v) is 3.97. The predicted octanol–water partition coefficient (Wildman–Crippen LogP) is 1.70. The molecule has 0 saturated heterocycles. The molecular formula is C14H21N3O2. The maximum atomic E-state index is 12.1. The third kappa shape index (κ3) is 3.22. The van der Waals surface area contributed by atoms with Crippen molar-refractivity contribution in [3.8, 4) is 0 Å². The van der Waals surface area contributed by atoms with Gasteiger partial charge in [-0.25, -0.2) is 5.10 Å². The van der Waals surface area contributed by atoms with E-state index in [2.05, 4.69) is 15.5 Å². The van der Waals surface area contributed by atoms with Crippen molar-refractivity contribution in [1.82, 2.24) is 15.5 Å². The molecular weight excluding hydrogens is 242 g/mol. The van der Waals surface area contributed by atoms with Gasteiger partial charge in [0.2, 0.25) is 0 Å². The van der Waals surface area contributed by atoms with Crippen molar-refractivity contribution in [2.24, 2.45) is 5.92 Å². The summed E-state index contributed by atoms with van der Waals surface area (Å²) in [5, 5.41) is 9.11. The van der Waals surface area contributed by atoms with Gasteiger partial charge < -0.3 is 5.32 Å². The highest BCUT2D eigenvalue weighted by atomic mass is 16.2. The Bertz CT molecular complexity index is 516. The molecule has 1 fully saturated rings. The Labute approximate surface area is 112 Å². The summed E-state index contributed by atoms with van der Waals surface area (Å²) < 4.78 is 0. The molecule has 1 aliphatic rings. The van der Waals surface area contributed by atoms with Gasteiger partial charge in [0.15, 0.2) is 0 Å². The fourth-order valence-electron chi connectivity index (χ4n) is 2.62. The largest absolute Gasteiger partial charge is 0.352 e. The van der Waals surface area contributed by atoms with Crippen LogP contribution in [0.1, 0.15) is 53.7 Å². The topological polar surface area (TPSA) is 74.8 Å². The number of hydrogen-bond donors (Lipinski definition) is 2. The Morgan fingerprint density at radius 3 is 2.68 bits per heavy atom. The first kappa shape index (κ1) is 13.8. The highest BCUT2D eigenvalue weighted by Crippen LogP contribution is 2.22. The zero-order valence-electron chi connectivity index (χ0n) is 11.6.